The molecule has 1 heterocycles. The van der Waals surface area contributed by atoms with Gasteiger partial charge in [-0.1, -0.05) is 60.7 Å². The van der Waals surface area contributed by atoms with Crippen LogP contribution in [0.3, 0.4) is 0 Å². The Bertz CT molecular complexity index is 1220. The Morgan fingerprint density at radius 2 is 1.53 bits per heavy atom. The summed E-state index contributed by atoms with van der Waals surface area (Å²) < 4.78 is 38.7. The number of carbonyl (C=O) groups is 2. The first-order valence-electron chi connectivity index (χ1n) is 12.8. The van der Waals surface area contributed by atoms with Gasteiger partial charge in [0.1, 0.15) is 0 Å². The number of likely N-dealkylation sites (tertiary alicyclic amines) is 1. The number of hydrogen-bond acceptors (Lipinski definition) is 4. The lowest BCUT2D eigenvalue weighted by Gasteiger charge is -2.34. The molecule has 3 N–H and O–H groups in total. The van der Waals surface area contributed by atoms with E-state index in [-0.39, 0.29) is 23.8 Å². The molecule has 0 saturated carbocycles. The second-order valence-electron chi connectivity index (χ2n) is 9.85. The average Bonchev–Trinajstić information content (AvgIpc) is 2.93. The fraction of sp³-hybridized carbons (Fsp3) is 0.333. The predicted molar refractivity (Wildman–Crippen MR) is 140 cm³/mol. The average molecular weight is 524 g/mol. The molecule has 0 spiro atoms. The second-order valence-corrected chi connectivity index (χ2v) is 9.85. The molecule has 0 bridgehead atoms. The number of ketones is 1. The van der Waals surface area contributed by atoms with Crippen LogP contribution in [0.4, 0.5) is 13.2 Å². The van der Waals surface area contributed by atoms with Crippen LogP contribution in [-0.2, 0) is 23.9 Å². The van der Waals surface area contributed by atoms with E-state index in [1.807, 2.05) is 18.2 Å². The molecule has 1 unspecified atom stereocenters. The summed E-state index contributed by atoms with van der Waals surface area (Å²) in [6, 6.07) is 22.4. The second kappa shape index (κ2) is 12.4. The number of amides is 1. The van der Waals surface area contributed by atoms with Crippen molar-refractivity contribution in [1.29, 1.82) is 0 Å². The molecule has 0 aliphatic carbocycles. The van der Waals surface area contributed by atoms with Crippen LogP contribution in [0.1, 0.15) is 45.5 Å². The number of piperidine rings is 1. The van der Waals surface area contributed by atoms with Crippen molar-refractivity contribution < 1.29 is 22.8 Å². The number of rotatable bonds is 9. The minimum Gasteiger partial charge on any atom is -0.345 e. The van der Waals surface area contributed by atoms with Gasteiger partial charge in [0.05, 0.1) is 18.2 Å². The maximum atomic E-state index is 12.9. The van der Waals surface area contributed by atoms with Gasteiger partial charge in [-0.3, -0.25) is 14.5 Å². The molecule has 3 aromatic rings. The molecule has 0 radical (unpaired) electrons. The van der Waals surface area contributed by atoms with Crippen LogP contribution in [0, 0.1) is 5.92 Å². The number of benzene rings is 3. The van der Waals surface area contributed by atoms with Crippen molar-refractivity contribution in [1.82, 2.24) is 10.2 Å². The van der Waals surface area contributed by atoms with Crippen LogP contribution in [0.5, 0.6) is 0 Å². The quantitative estimate of drug-likeness (QED) is 0.421. The summed E-state index contributed by atoms with van der Waals surface area (Å²) in [6.45, 7) is 2.14. The number of alkyl halides is 3. The van der Waals surface area contributed by atoms with E-state index in [9.17, 15) is 22.8 Å². The van der Waals surface area contributed by atoms with E-state index in [4.69, 9.17) is 5.73 Å². The highest BCUT2D eigenvalue weighted by Crippen LogP contribution is 2.29. The highest BCUT2D eigenvalue weighted by atomic mass is 19.4. The van der Waals surface area contributed by atoms with Gasteiger partial charge in [0.25, 0.3) is 5.91 Å². The van der Waals surface area contributed by atoms with Crippen LogP contribution in [0.25, 0.3) is 0 Å². The van der Waals surface area contributed by atoms with Crippen molar-refractivity contribution in [3.05, 3.63) is 107 Å². The molecular weight excluding hydrogens is 491 g/mol. The van der Waals surface area contributed by atoms with Crippen molar-refractivity contribution in [2.75, 3.05) is 19.6 Å². The highest BCUT2D eigenvalue weighted by molar-refractivity contribution is 5.97. The Balaban J connectivity index is 1.21. The maximum Gasteiger partial charge on any atom is 0.416 e. The molecule has 1 aliphatic rings. The molecule has 1 aliphatic heterocycles. The van der Waals surface area contributed by atoms with Gasteiger partial charge in [-0.15, -0.1) is 0 Å². The molecule has 8 heteroatoms. The van der Waals surface area contributed by atoms with Crippen LogP contribution >= 0.6 is 0 Å². The number of nitrogens with two attached hydrogens (primary N) is 1. The van der Waals surface area contributed by atoms with Gasteiger partial charge in [-0.25, -0.2) is 0 Å². The largest absolute Gasteiger partial charge is 0.416 e. The van der Waals surface area contributed by atoms with Crippen molar-refractivity contribution in [3.8, 4) is 0 Å². The fourth-order valence-corrected chi connectivity index (χ4v) is 4.81. The van der Waals surface area contributed by atoms with Crippen molar-refractivity contribution in [2.24, 2.45) is 11.7 Å². The van der Waals surface area contributed by atoms with Crippen LogP contribution < -0.4 is 11.1 Å². The molecule has 38 heavy (non-hydrogen) atoms. The normalized spacial score (nSPS) is 15.7. The van der Waals surface area contributed by atoms with Crippen molar-refractivity contribution in [2.45, 2.75) is 38.0 Å². The van der Waals surface area contributed by atoms with Gasteiger partial charge >= 0.3 is 6.18 Å². The summed E-state index contributed by atoms with van der Waals surface area (Å²) in [4.78, 5) is 27.2. The molecule has 1 atom stereocenters. The number of Topliss-reactive ketones (excluding diaryl/α,β-unsaturated/α-hetero) is 1. The van der Waals surface area contributed by atoms with E-state index in [2.05, 4.69) is 46.6 Å². The Morgan fingerprint density at radius 3 is 2.18 bits per heavy atom. The minimum absolute atomic E-state index is 0.00235. The summed E-state index contributed by atoms with van der Waals surface area (Å²) >= 11 is 0. The lowest BCUT2D eigenvalue weighted by molar-refractivity contribution is -0.137. The van der Waals surface area contributed by atoms with Gasteiger partial charge < -0.3 is 11.1 Å². The SMILES string of the molecule is NC(C(=O)CNC(=O)c1cccc(C(F)(F)F)c1)C1CCN(Cc2ccc(Cc3ccccc3)cc2)CC1. The van der Waals surface area contributed by atoms with E-state index in [0.717, 1.165) is 57.1 Å². The third-order valence-electron chi connectivity index (χ3n) is 7.07. The molecule has 4 rings (SSSR count). The molecule has 1 fully saturated rings. The molecular formula is C30H32F3N3O2. The van der Waals surface area contributed by atoms with Crippen LogP contribution in [0.15, 0.2) is 78.9 Å². The summed E-state index contributed by atoms with van der Waals surface area (Å²) in [6.07, 6.45) is -2.12. The zero-order valence-electron chi connectivity index (χ0n) is 21.1. The number of hydrogen-bond donors (Lipinski definition) is 2. The Labute approximate surface area is 220 Å². The number of nitrogens with one attached hydrogen (secondary N) is 1. The van der Waals surface area contributed by atoms with Gasteiger partial charge in [-0.05, 0) is 73.2 Å². The minimum atomic E-state index is -4.55. The van der Waals surface area contributed by atoms with Gasteiger partial charge in [-0.2, -0.15) is 13.2 Å². The fourth-order valence-electron chi connectivity index (χ4n) is 4.81. The van der Waals surface area contributed by atoms with Crippen molar-refractivity contribution >= 4 is 11.7 Å². The first-order chi connectivity index (χ1) is 18.2. The van der Waals surface area contributed by atoms with E-state index in [0.29, 0.717) is 0 Å². The van der Waals surface area contributed by atoms with E-state index < -0.39 is 23.7 Å². The third kappa shape index (κ3) is 7.52. The van der Waals surface area contributed by atoms with Gasteiger partial charge in [0.15, 0.2) is 5.78 Å². The number of nitrogens with zero attached hydrogens (tertiary/aromatic N) is 1. The van der Waals surface area contributed by atoms with Crippen LogP contribution in [-0.4, -0.2) is 42.3 Å². The zero-order chi connectivity index (χ0) is 27.1. The summed E-state index contributed by atoms with van der Waals surface area (Å²) in [5.74, 6) is -1.06. The molecule has 1 saturated heterocycles. The number of carbonyl (C=O) groups excluding carboxylic acids is 2. The third-order valence-corrected chi connectivity index (χ3v) is 7.07. The summed E-state index contributed by atoms with van der Waals surface area (Å²) in [7, 11) is 0. The lowest BCUT2D eigenvalue weighted by atomic mass is 9.87. The van der Waals surface area contributed by atoms with Gasteiger partial charge in [0, 0.05) is 12.1 Å². The Kier molecular flexibility index (Phi) is 8.97. The van der Waals surface area contributed by atoms with E-state index >= 15 is 0 Å². The zero-order valence-corrected chi connectivity index (χ0v) is 21.1. The molecule has 1 amide bonds. The van der Waals surface area contributed by atoms with Crippen LogP contribution in [0.2, 0.25) is 0 Å². The summed E-state index contributed by atoms with van der Waals surface area (Å²) in [5, 5.41) is 2.41. The van der Waals surface area contributed by atoms with Crippen molar-refractivity contribution in [3.63, 3.8) is 0 Å². The summed E-state index contributed by atoms with van der Waals surface area (Å²) in [5.41, 5.74) is 8.93. The highest BCUT2D eigenvalue weighted by Gasteiger charge is 2.31. The number of halogens is 3. The predicted octanol–water partition coefficient (Wildman–Crippen LogP) is 4.83. The lowest BCUT2D eigenvalue weighted by Crippen LogP contribution is -2.47. The van der Waals surface area contributed by atoms with E-state index in [1.165, 1.54) is 22.8 Å². The molecule has 5 nitrogen and oxygen atoms in total. The Hall–Kier alpha value is -3.49. The monoisotopic (exact) mass is 523 g/mol. The first-order valence-corrected chi connectivity index (χ1v) is 12.8. The topological polar surface area (TPSA) is 75.4 Å². The van der Waals surface area contributed by atoms with E-state index in [1.54, 1.807) is 0 Å². The standard InChI is InChI=1S/C30H32F3N3O2/c31-30(32,33)26-8-4-7-25(18-26)29(38)35-19-27(37)28(34)24-13-15-36(16-14-24)20-23-11-9-22(10-12-23)17-21-5-2-1-3-6-21/h1-12,18,24,28H,13-17,19-20,34H2,(H,35,38). The smallest absolute Gasteiger partial charge is 0.345 e. The first kappa shape index (κ1) is 27.5. The molecule has 3 aromatic carbocycles. The van der Waals surface area contributed by atoms with Gasteiger partial charge in [0.2, 0.25) is 0 Å². The Morgan fingerprint density at radius 1 is 0.895 bits per heavy atom. The molecule has 0 aromatic heterocycles. The molecule has 200 valence electrons. The maximum absolute atomic E-state index is 12.9.